The summed E-state index contributed by atoms with van der Waals surface area (Å²) in [6.07, 6.45) is 2.62. The van der Waals surface area contributed by atoms with Crippen LogP contribution in [0.1, 0.15) is 6.42 Å². The van der Waals surface area contributed by atoms with Crippen molar-refractivity contribution in [1.82, 2.24) is 4.90 Å². The summed E-state index contributed by atoms with van der Waals surface area (Å²) in [4.78, 5) is 24.4. The van der Waals surface area contributed by atoms with Crippen LogP contribution in [0, 0.1) is 5.92 Å². The van der Waals surface area contributed by atoms with E-state index in [0.717, 1.165) is 6.42 Å². The summed E-state index contributed by atoms with van der Waals surface area (Å²) in [5, 5.41) is 0. The van der Waals surface area contributed by atoms with Gasteiger partial charge in [-0.3, -0.25) is 9.59 Å². The van der Waals surface area contributed by atoms with Crippen LogP contribution in [0.5, 0.6) is 0 Å². The lowest BCUT2D eigenvalue weighted by Gasteiger charge is -2.14. The maximum absolute atomic E-state index is 11.5. The third-order valence-electron chi connectivity index (χ3n) is 2.34. The van der Waals surface area contributed by atoms with Gasteiger partial charge in [0.1, 0.15) is 0 Å². The Kier molecular flexibility index (Phi) is 4.25. The highest BCUT2D eigenvalue weighted by molar-refractivity contribution is 7.99. The van der Waals surface area contributed by atoms with E-state index < -0.39 is 0 Å². The van der Waals surface area contributed by atoms with Gasteiger partial charge in [-0.15, -0.1) is 0 Å². The molecule has 80 valence electrons. The van der Waals surface area contributed by atoms with Crippen LogP contribution in [-0.4, -0.2) is 49.0 Å². The number of carbonyl (C=O) groups is 2. The number of methoxy groups -OCH3 is 1. The smallest absolute Gasteiger partial charge is 0.310 e. The normalized spacial score (nSPS) is 21.0. The van der Waals surface area contributed by atoms with Gasteiger partial charge < -0.3 is 9.64 Å². The van der Waals surface area contributed by atoms with Crippen molar-refractivity contribution in [2.45, 2.75) is 6.42 Å². The maximum Gasteiger partial charge on any atom is 0.310 e. The quantitative estimate of drug-likeness (QED) is 0.641. The van der Waals surface area contributed by atoms with Gasteiger partial charge in [-0.25, -0.2) is 0 Å². The average molecular weight is 217 g/mol. The monoisotopic (exact) mass is 217 g/mol. The number of likely N-dealkylation sites (tertiary alicyclic amines) is 1. The molecule has 5 heteroatoms. The predicted octanol–water partition coefficient (Wildman–Crippen LogP) is 0.371. The van der Waals surface area contributed by atoms with Crippen LogP contribution >= 0.6 is 11.8 Å². The van der Waals surface area contributed by atoms with Crippen molar-refractivity contribution < 1.29 is 14.3 Å². The Morgan fingerprint density at radius 3 is 2.86 bits per heavy atom. The highest BCUT2D eigenvalue weighted by Gasteiger charge is 2.31. The van der Waals surface area contributed by atoms with E-state index in [4.69, 9.17) is 0 Å². The molecule has 0 saturated carbocycles. The number of thioether (sulfide) groups is 1. The zero-order chi connectivity index (χ0) is 10.6. The van der Waals surface area contributed by atoms with Crippen molar-refractivity contribution in [3.63, 3.8) is 0 Å². The van der Waals surface area contributed by atoms with Crippen LogP contribution in [0.15, 0.2) is 0 Å². The number of rotatable bonds is 3. The van der Waals surface area contributed by atoms with E-state index in [0.29, 0.717) is 18.8 Å². The standard InChI is InChI=1S/C9H15NO3S/c1-13-9(12)7-3-4-10(5-7)8(11)6-14-2/h7H,3-6H2,1-2H3. The Hall–Kier alpha value is -0.710. The number of carbonyl (C=O) groups excluding carboxylic acids is 2. The minimum atomic E-state index is -0.204. The second-order valence-electron chi connectivity index (χ2n) is 3.28. The summed E-state index contributed by atoms with van der Waals surface area (Å²) in [6, 6.07) is 0. The van der Waals surface area contributed by atoms with Gasteiger partial charge in [0, 0.05) is 13.1 Å². The van der Waals surface area contributed by atoms with Crippen molar-refractivity contribution in [3.05, 3.63) is 0 Å². The van der Waals surface area contributed by atoms with Gasteiger partial charge in [0.05, 0.1) is 18.8 Å². The molecule has 0 aliphatic carbocycles. The Labute approximate surface area is 88.0 Å². The van der Waals surface area contributed by atoms with Crippen LogP contribution < -0.4 is 0 Å². The lowest BCUT2D eigenvalue weighted by Crippen LogP contribution is -2.31. The van der Waals surface area contributed by atoms with Gasteiger partial charge in [-0.1, -0.05) is 0 Å². The molecular weight excluding hydrogens is 202 g/mol. The first-order valence-electron chi connectivity index (χ1n) is 4.53. The predicted molar refractivity (Wildman–Crippen MR) is 55.1 cm³/mol. The molecule has 4 nitrogen and oxygen atoms in total. The summed E-state index contributed by atoms with van der Waals surface area (Å²) >= 11 is 1.50. The zero-order valence-electron chi connectivity index (χ0n) is 8.49. The third kappa shape index (κ3) is 2.64. The van der Waals surface area contributed by atoms with E-state index in [2.05, 4.69) is 4.74 Å². The Morgan fingerprint density at radius 1 is 1.57 bits per heavy atom. The highest BCUT2D eigenvalue weighted by Crippen LogP contribution is 2.18. The second kappa shape index (κ2) is 5.24. The van der Waals surface area contributed by atoms with Gasteiger partial charge in [0.2, 0.25) is 5.91 Å². The fraction of sp³-hybridized carbons (Fsp3) is 0.778. The second-order valence-corrected chi connectivity index (χ2v) is 4.15. The molecule has 0 bridgehead atoms. The number of amides is 1. The van der Waals surface area contributed by atoms with Gasteiger partial charge in [-0.2, -0.15) is 11.8 Å². The van der Waals surface area contributed by atoms with E-state index in [1.165, 1.54) is 18.9 Å². The third-order valence-corrected chi connectivity index (χ3v) is 2.88. The molecule has 14 heavy (non-hydrogen) atoms. The van der Waals surface area contributed by atoms with Gasteiger partial charge in [0.15, 0.2) is 0 Å². The molecule has 1 atom stereocenters. The average Bonchev–Trinajstić information content (AvgIpc) is 2.66. The SMILES string of the molecule is COC(=O)C1CCN(C(=O)CSC)C1. The lowest BCUT2D eigenvalue weighted by atomic mass is 10.1. The molecular formula is C9H15NO3S. The molecule has 1 aliphatic heterocycles. The molecule has 0 radical (unpaired) electrons. The fourth-order valence-electron chi connectivity index (χ4n) is 1.56. The molecule has 1 aliphatic rings. The van der Waals surface area contributed by atoms with Crippen LogP contribution in [0.2, 0.25) is 0 Å². The van der Waals surface area contributed by atoms with E-state index in [9.17, 15) is 9.59 Å². The van der Waals surface area contributed by atoms with Crippen molar-refractivity contribution >= 4 is 23.6 Å². The number of hydrogen-bond donors (Lipinski definition) is 0. The first kappa shape index (κ1) is 11.4. The molecule has 1 heterocycles. The van der Waals surface area contributed by atoms with Gasteiger partial charge in [0.25, 0.3) is 0 Å². The molecule has 0 N–H and O–H groups in total. The van der Waals surface area contributed by atoms with Crippen molar-refractivity contribution in [1.29, 1.82) is 0 Å². The molecule has 0 aromatic carbocycles. The number of ether oxygens (including phenoxy) is 1. The topological polar surface area (TPSA) is 46.6 Å². The van der Waals surface area contributed by atoms with E-state index in [-0.39, 0.29) is 17.8 Å². The van der Waals surface area contributed by atoms with E-state index in [1.807, 2.05) is 6.26 Å². The molecule has 1 rings (SSSR count). The summed E-state index contributed by atoms with van der Waals surface area (Å²) in [5.41, 5.74) is 0. The molecule has 1 fully saturated rings. The molecule has 0 spiro atoms. The summed E-state index contributed by atoms with van der Waals surface area (Å²) in [6.45, 7) is 1.20. The van der Waals surface area contributed by atoms with Crippen molar-refractivity contribution in [2.24, 2.45) is 5.92 Å². The Balaban J connectivity index is 2.41. The summed E-state index contributed by atoms with van der Waals surface area (Å²) < 4.78 is 4.64. The van der Waals surface area contributed by atoms with Crippen molar-refractivity contribution in [2.75, 3.05) is 32.2 Å². The summed E-state index contributed by atoms with van der Waals surface area (Å²) in [7, 11) is 1.38. The van der Waals surface area contributed by atoms with Gasteiger partial charge in [-0.05, 0) is 12.7 Å². The first-order valence-corrected chi connectivity index (χ1v) is 5.93. The van der Waals surface area contributed by atoms with E-state index in [1.54, 1.807) is 4.90 Å². The largest absolute Gasteiger partial charge is 0.469 e. The minimum absolute atomic E-state index is 0.115. The Morgan fingerprint density at radius 2 is 2.29 bits per heavy atom. The zero-order valence-corrected chi connectivity index (χ0v) is 9.30. The lowest BCUT2D eigenvalue weighted by molar-refractivity contribution is -0.145. The first-order chi connectivity index (χ1) is 6.69. The minimum Gasteiger partial charge on any atom is -0.469 e. The van der Waals surface area contributed by atoms with Crippen LogP contribution in [0.4, 0.5) is 0 Å². The van der Waals surface area contributed by atoms with Crippen molar-refractivity contribution in [3.8, 4) is 0 Å². The van der Waals surface area contributed by atoms with Crippen LogP contribution in [0.25, 0.3) is 0 Å². The molecule has 1 unspecified atom stereocenters. The van der Waals surface area contributed by atoms with E-state index >= 15 is 0 Å². The van der Waals surface area contributed by atoms with Gasteiger partial charge >= 0.3 is 5.97 Å². The fourth-order valence-corrected chi connectivity index (χ4v) is 1.99. The molecule has 0 aromatic heterocycles. The maximum atomic E-state index is 11.5. The number of hydrogen-bond acceptors (Lipinski definition) is 4. The Bertz CT molecular complexity index is 232. The molecule has 0 aromatic rings. The van der Waals surface area contributed by atoms with Crippen LogP contribution in [0.3, 0.4) is 0 Å². The molecule has 1 amide bonds. The van der Waals surface area contributed by atoms with Crippen LogP contribution in [-0.2, 0) is 14.3 Å². The highest BCUT2D eigenvalue weighted by atomic mass is 32.2. The number of esters is 1. The number of nitrogens with zero attached hydrogens (tertiary/aromatic N) is 1. The summed E-state index contributed by atoms with van der Waals surface area (Å²) in [5.74, 6) is 0.285. The molecule has 1 saturated heterocycles.